The number of fused-ring (bicyclic) bond motifs is 6. The van der Waals surface area contributed by atoms with Gasteiger partial charge in [-0.15, -0.1) is 0 Å². The van der Waals surface area contributed by atoms with Gasteiger partial charge in [0.15, 0.2) is 0 Å². The number of hydrogen-bond donors (Lipinski definition) is 0. The zero-order valence-corrected chi connectivity index (χ0v) is 34.7. The van der Waals surface area contributed by atoms with Crippen molar-refractivity contribution in [2.75, 3.05) is 9.71 Å². The van der Waals surface area contributed by atoms with Crippen molar-refractivity contribution < 1.29 is 0 Å². The molecular formula is C56H47BN2. The summed E-state index contributed by atoms with van der Waals surface area (Å²) in [6.07, 6.45) is 0. The summed E-state index contributed by atoms with van der Waals surface area (Å²) in [5.41, 5.74) is 24.0. The molecule has 8 aromatic carbocycles. The molecule has 0 aromatic heterocycles. The Morgan fingerprint density at radius 2 is 1.12 bits per heavy atom. The van der Waals surface area contributed by atoms with Crippen molar-refractivity contribution in [3.8, 4) is 44.5 Å². The van der Waals surface area contributed by atoms with E-state index in [2.05, 4.69) is 227 Å². The molecule has 0 radical (unpaired) electrons. The fourth-order valence-corrected chi connectivity index (χ4v) is 10.3. The van der Waals surface area contributed by atoms with Gasteiger partial charge in [0.25, 0.3) is 0 Å². The van der Waals surface area contributed by atoms with Gasteiger partial charge in [-0.05, 0) is 115 Å². The first-order valence-corrected chi connectivity index (χ1v) is 21.1. The lowest BCUT2D eigenvalue weighted by molar-refractivity contribution is 0.590. The van der Waals surface area contributed by atoms with Gasteiger partial charge in [0.2, 0.25) is 0 Å². The molecule has 0 bridgehead atoms. The van der Waals surface area contributed by atoms with E-state index in [4.69, 9.17) is 0 Å². The van der Waals surface area contributed by atoms with E-state index in [0.29, 0.717) is 0 Å². The SMILES string of the molecule is Cc1ccccc1-c1cc2c3c(c1)N(c1ccc(C(C)(C)C)cc1-c1ccccc1)c1ccc(-c4ccccc4)cc1B3N1c3ccccc3C(C)(C)c3cccc-2c31. The Morgan fingerprint density at radius 1 is 0.458 bits per heavy atom. The van der Waals surface area contributed by atoms with Gasteiger partial charge in [-0.1, -0.05) is 174 Å². The maximum absolute atomic E-state index is 2.70. The summed E-state index contributed by atoms with van der Waals surface area (Å²) in [5.74, 6) is 0. The molecule has 0 aliphatic carbocycles. The molecule has 0 spiro atoms. The van der Waals surface area contributed by atoms with Crippen LogP contribution in [0.5, 0.6) is 0 Å². The predicted molar refractivity (Wildman–Crippen MR) is 252 cm³/mol. The zero-order chi connectivity index (χ0) is 40.2. The van der Waals surface area contributed by atoms with Crippen LogP contribution in [0.15, 0.2) is 176 Å². The summed E-state index contributed by atoms with van der Waals surface area (Å²) in [6, 6.07) is 66.3. The summed E-state index contributed by atoms with van der Waals surface area (Å²) in [6.45, 7) is 13.9. The van der Waals surface area contributed by atoms with Crippen molar-refractivity contribution >= 4 is 46.2 Å². The Morgan fingerprint density at radius 3 is 1.88 bits per heavy atom. The fourth-order valence-electron chi connectivity index (χ4n) is 10.3. The first kappa shape index (κ1) is 35.6. The largest absolute Gasteiger partial charge is 0.376 e. The van der Waals surface area contributed by atoms with Crippen LogP contribution < -0.4 is 20.6 Å². The van der Waals surface area contributed by atoms with Gasteiger partial charge in [0.1, 0.15) is 0 Å². The predicted octanol–water partition coefficient (Wildman–Crippen LogP) is 13.6. The third kappa shape index (κ3) is 5.34. The molecule has 0 N–H and O–H groups in total. The Hall–Kier alpha value is -6.58. The van der Waals surface area contributed by atoms with Crippen LogP contribution >= 0.6 is 0 Å². The lowest BCUT2D eigenvalue weighted by Gasteiger charge is -2.51. The van der Waals surface area contributed by atoms with Crippen molar-refractivity contribution in [1.82, 2.24) is 0 Å². The Bertz CT molecular complexity index is 2970. The van der Waals surface area contributed by atoms with Crippen molar-refractivity contribution in [2.24, 2.45) is 0 Å². The average Bonchev–Trinajstić information content (AvgIpc) is 3.26. The van der Waals surface area contributed by atoms with Crippen LogP contribution in [0, 0.1) is 6.92 Å². The average molecular weight is 759 g/mol. The van der Waals surface area contributed by atoms with Crippen LogP contribution in [-0.4, -0.2) is 6.85 Å². The molecular weight excluding hydrogens is 711 g/mol. The van der Waals surface area contributed by atoms with Crippen LogP contribution in [0.1, 0.15) is 56.9 Å². The molecule has 0 amide bonds. The Labute approximate surface area is 349 Å². The smallest absolute Gasteiger partial charge is 0.333 e. The van der Waals surface area contributed by atoms with Gasteiger partial charge in [0.05, 0.1) is 5.69 Å². The van der Waals surface area contributed by atoms with E-state index in [-0.39, 0.29) is 17.7 Å². The van der Waals surface area contributed by atoms with Crippen LogP contribution in [-0.2, 0) is 10.8 Å². The monoisotopic (exact) mass is 758 g/mol. The summed E-state index contributed by atoms with van der Waals surface area (Å²) >= 11 is 0. The van der Waals surface area contributed by atoms with Gasteiger partial charge in [-0.25, -0.2) is 0 Å². The van der Waals surface area contributed by atoms with Crippen LogP contribution in [0.25, 0.3) is 44.5 Å². The molecule has 0 fully saturated rings. The molecule has 2 nitrogen and oxygen atoms in total. The van der Waals surface area contributed by atoms with E-state index < -0.39 is 0 Å². The normalized spacial score (nSPS) is 14.3. The number of benzene rings is 8. The zero-order valence-electron chi connectivity index (χ0n) is 34.7. The number of rotatable bonds is 4. The highest BCUT2D eigenvalue weighted by atomic mass is 15.2. The standard InChI is InChI=1S/C56H47BN2/c1-36-18-13-14-23-42(36)40-32-45-43-24-17-26-47-54(43)59(50-27-16-15-25-46(50)56(47,5)6)57-48-33-39(37-19-9-7-10-20-37)28-30-51(48)58(52(34-40)53(45)57)49-31-29-41(55(2,3)4)35-44(49)38-21-11-8-12-22-38/h7-35H,1-6H3. The lowest BCUT2D eigenvalue weighted by atomic mass is 9.42. The number of para-hydroxylation sites is 2. The maximum Gasteiger partial charge on any atom is 0.333 e. The van der Waals surface area contributed by atoms with E-state index in [1.54, 1.807) is 0 Å². The van der Waals surface area contributed by atoms with Gasteiger partial charge < -0.3 is 9.71 Å². The molecule has 0 saturated carbocycles. The Kier molecular flexibility index (Phi) is 7.82. The van der Waals surface area contributed by atoms with Gasteiger partial charge in [-0.2, -0.15) is 0 Å². The quantitative estimate of drug-likeness (QED) is 0.165. The third-order valence-electron chi connectivity index (χ3n) is 13.3. The second kappa shape index (κ2) is 13.0. The van der Waals surface area contributed by atoms with Gasteiger partial charge >= 0.3 is 6.85 Å². The molecule has 3 aliphatic rings. The molecule has 59 heavy (non-hydrogen) atoms. The lowest BCUT2D eigenvalue weighted by Crippen LogP contribution is -2.63. The fraction of sp³-hybridized carbons (Fsp3) is 0.143. The molecule has 3 heterocycles. The maximum atomic E-state index is 2.70. The van der Waals surface area contributed by atoms with Crippen molar-refractivity contribution in [1.29, 1.82) is 0 Å². The van der Waals surface area contributed by atoms with E-state index >= 15 is 0 Å². The topological polar surface area (TPSA) is 6.48 Å². The highest BCUT2D eigenvalue weighted by Gasteiger charge is 2.50. The summed E-state index contributed by atoms with van der Waals surface area (Å²) < 4.78 is 0. The Balaban J connectivity index is 1.30. The summed E-state index contributed by atoms with van der Waals surface area (Å²) in [5, 5.41) is 0. The van der Waals surface area contributed by atoms with Crippen LogP contribution in [0.4, 0.5) is 28.4 Å². The minimum absolute atomic E-state index is 0.0156. The van der Waals surface area contributed by atoms with Crippen LogP contribution in [0.3, 0.4) is 0 Å². The first-order valence-electron chi connectivity index (χ1n) is 21.1. The molecule has 3 aliphatic heterocycles. The number of aryl methyl sites for hydroxylation is 1. The number of anilines is 5. The second-order valence-corrected chi connectivity index (χ2v) is 18.2. The highest BCUT2D eigenvalue weighted by Crippen LogP contribution is 2.57. The molecule has 3 heteroatoms. The number of nitrogens with zero attached hydrogens (tertiary/aromatic N) is 2. The van der Waals surface area contributed by atoms with Crippen molar-refractivity contribution in [3.05, 3.63) is 198 Å². The van der Waals surface area contributed by atoms with E-state index in [1.165, 1.54) is 106 Å². The summed E-state index contributed by atoms with van der Waals surface area (Å²) in [7, 11) is 0. The summed E-state index contributed by atoms with van der Waals surface area (Å²) in [4.78, 5) is 5.31. The van der Waals surface area contributed by atoms with Crippen LogP contribution in [0.2, 0.25) is 0 Å². The van der Waals surface area contributed by atoms with E-state index in [0.717, 1.165) is 0 Å². The molecule has 11 rings (SSSR count). The first-order chi connectivity index (χ1) is 28.6. The van der Waals surface area contributed by atoms with Gasteiger partial charge in [0, 0.05) is 39.3 Å². The van der Waals surface area contributed by atoms with E-state index in [1.807, 2.05) is 0 Å². The molecule has 0 atom stereocenters. The number of hydrogen-bond acceptors (Lipinski definition) is 2. The van der Waals surface area contributed by atoms with Gasteiger partial charge in [-0.3, -0.25) is 0 Å². The minimum Gasteiger partial charge on any atom is -0.376 e. The minimum atomic E-state index is -0.179. The molecule has 284 valence electrons. The third-order valence-corrected chi connectivity index (χ3v) is 13.3. The van der Waals surface area contributed by atoms with Crippen molar-refractivity contribution in [3.63, 3.8) is 0 Å². The van der Waals surface area contributed by atoms with E-state index in [9.17, 15) is 0 Å². The molecule has 8 aromatic rings. The second-order valence-electron chi connectivity index (χ2n) is 18.2. The highest BCUT2D eigenvalue weighted by molar-refractivity contribution is 6.93. The van der Waals surface area contributed by atoms with Crippen molar-refractivity contribution in [2.45, 2.75) is 52.4 Å². The molecule has 0 unspecified atom stereocenters. The molecule has 0 saturated heterocycles.